The molecule has 1 aliphatic heterocycles. The Morgan fingerprint density at radius 3 is 2.80 bits per heavy atom. The third-order valence-corrected chi connectivity index (χ3v) is 3.86. The molecule has 1 aliphatic rings. The molecule has 0 radical (unpaired) electrons. The third kappa shape index (κ3) is 2.85. The lowest BCUT2D eigenvalue weighted by Crippen LogP contribution is -2.30. The number of aromatic nitrogens is 2. The lowest BCUT2D eigenvalue weighted by molar-refractivity contribution is 0.306. The molecule has 2 heterocycles. The van der Waals surface area contributed by atoms with Crippen LogP contribution in [0.15, 0.2) is 28.8 Å². The summed E-state index contributed by atoms with van der Waals surface area (Å²) in [5, 5.41) is 4.57. The van der Waals surface area contributed by atoms with Gasteiger partial charge in [0.15, 0.2) is 5.82 Å². The Hall–Kier alpha value is -1.43. The van der Waals surface area contributed by atoms with Gasteiger partial charge in [0.25, 0.3) is 5.89 Å². The first-order valence-corrected chi connectivity index (χ1v) is 7.18. The normalized spacial score (nSPS) is 17.5. The average molecular weight is 293 g/mol. The first kappa shape index (κ1) is 13.5. The number of likely N-dealkylation sites (tertiary alicyclic amines) is 1. The van der Waals surface area contributed by atoms with Crippen LogP contribution in [0.2, 0.25) is 5.02 Å². The van der Waals surface area contributed by atoms with E-state index in [9.17, 15) is 0 Å². The zero-order valence-corrected chi connectivity index (χ0v) is 11.9. The average Bonchev–Trinajstić information content (AvgIpc) is 3.10. The second-order valence-corrected chi connectivity index (χ2v) is 5.46. The molecule has 1 aromatic carbocycles. The van der Waals surface area contributed by atoms with Crippen LogP contribution >= 0.6 is 11.6 Å². The maximum Gasteiger partial charge on any atom is 0.259 e. The van der Waals surface area contributed by atoms with E-state index in [1.807, 2.05) is 18.2 Å². The molecule has 0 aliphatic carbocycles. The first-order chi connectivity index (χ1) is 9.74. The maximum absolute atomic E-state index is 6.14. The second kappa shape index (κ2) is 5.91. The van der Waals surface area contributed by atoms with Gasteiger partial charge < -0.3 is 15.2 Å². The van der Waals surface area contributed by atoms with Crippen molar-refractivity contribution in [3.05, 3.63) is 35.1 Å². The van der Waals surface area contributed by atoms with Gasteiger partial charge in [0.2, 0.25) is 0 Å². The van der Waals surface area contributed by atoms with Gasteiger partial charge in [-0.05, 0) is 38.1 Å². The summed E-state index contributed by atoms with van der Waals surface area (Å²) in [5.41, 5.74) is 6.88. The van der Waals surface area contributed by atoms with E-state index < -0.39 is 0 Å². The van der Waals surface area contributed by atoms with Crippen molar-refractivity contribution in [3.63, 3.8) is 0 Å². The highest BCUT2D eigenvalue weighted by Crippen LogP contribution is 2.26. The third-order valence-electron chi connectivity index (χ3n) is 3.53. The molecule has 1 unspecified atom stereocenters. The van der Waals surface area contributed by atoms with Crippen LogP contribution in [0, 0.1) is 0 Å². The summed E-state index contributed by atoms with van der Waals surface area (Å²) in [6.07, 6.45) is 2.48. The van der Waals surface area contributed by atoms with E-state index in [0.29, 0.717) is 16.7 Å². The minimum absolute atomic E-state index is 0.229. The van der Waals surface area contributed by atoms with Gasteiger partial charge in [-0.25, -0.2) is 0 Å². The van der Waals surface area contributed by atoms with Crippen LogP contribution in [0.25, 0.3) is 11.5 Å². The fourth-order valence-electron chi connectivity index (χ4n) is 2.45. The lowest BCUT2D eigenvalue weighted by atomic mass is 10.2. The first-order valence-electron chi connectivity index (χ1n) is 6.80. The van der Waals surface area contributed by atoms with Gasteiger partial charge >= 0.3 is 0 Å². The van der Waals surface area contributed by atoms with Crippen molar-refractivity contribution in [3.8, 4) is 11.5 Å². The van der Waals surface area contributed by atoms with Crippen LogP contribution in [0.1, 0.15) is 24.7 Å². The molecule has 1 fully saturated rings. The summed E-state index contributed by atoms with van der Waals surface area (Å²) in [4.78, 5) is 6.70. The van der Waals surface area contributed by atoms with Gasteiger partial charge in [-0.1, -0.05) is 28.9 Å². The molecule has 2 aromatic rings. The number of halogens is 1. The van der Waals surface area contributed by atoms with E-state index in [1.165, 1.54) is 12.8 Å². The van der Waals surface area contributed by atoms with Crippen LogP contribution in [0.5, 0.6) is 0 Å². The molecule has 1 atom stereocenters. The molecule has 3 rings (SSSR count). The fourth-order valence-corrected chi connectivity index (χ4v) is 2.67. The number of nitrogens with two attached hydrogens (primary N) is 1. The predicted octanol–water partition coefficient (Wildman–Crippen LogP) is 2.49. The molecular weight excluding hydrogens is 276 g/mol. The number of nitrogens with zero attached hydrogens (tertiary/aromatic N) is 3. The van der Waals surface area contributed by atoms with Crippen molar-refractivity contribution >= 4 is 11.6 Å². The van der Waals surface area contributed by atoms with Crippen LogP contribution in [-0.4, -0.2) is 34.7 Å². The van der Waals surface area contributed by atoms with Crippen LogP contribution in [0.4, 0.5) is 0 Å². The van der Waals surface area contributed by atoms with E-state index in [0.717, 1.165) is 25.2 Å². The number of hydrogen-bond donors (Lipinski definition) is 1. The van der Waals surface area contributed by atoms with Gasteiger partial charge in [0, 0.05) is 6.54 Å². The largest absolute Gasteiger partial charge is 0.334 e. The van der Waals surface area contributed by atoms with Crippen molar-refractivity contribution in [2.45, 2.75) is 18.9 Å². The Bertz CT molecular complexity index is 580. The van der Waals surface area contributed by atoms with Gasteiger partial charge in [-0.15, -0.1) is 0 Å². The van der Waals surface area contributed by atoms with Crippen LogP contribution < -0.4 is 5.73 Å². The van der Waals surface area contributed by atoms with E-state index >= 15 is 0 Å². The van der Waals surface area contributed by atoms with Gasteiger partial charge in [-0.3, -0.25) is 0 Å². The summed E-state index contributed by atoms with van der Waals surface area (Å²) in [5.74, 6) is 0.953. The smallest absolute Gasteiger partial charge is 0.259 e. The number of benzene rings is 1. The van der Waals surface area contributed by atoms with Gasteiger partial charge in [0.1, 0.15) is 0 Å². The lowest BCUT2D eigenvalue weighted by Gasteiger charge is -2.17. The molecule has 2 N–H and O–H groups in total. The Labute approximate surface area is 122 Å². The Kier molecular flexibility index (Phi) is 4.00. The molecular formula is C14H17ClN4O. The monoisotopic (exact) mass is 292 g/mol. The van der Waals surface area contributed by atoms with Crippen molar-refractivity contribution in [1.29, 1.82) is 0 Å². The summed E-state index contributed by atoms with van der Waals surface area (Å²) < 4.78 is 5.27. The summed E-state index contributed by atoms with van der Waals surface area (Å²) in [6.45, 7) is 2.97. The molecule has 0 saturated carbocycles. The van der Waals surface area contributed by atoms with Gasteiger partial charge in [-0.2, -0.15) is 4.98 Å². The van der Waals surface area contributed by atoms with E-state index in [4.69, 9.17) is 21.9 Å². The summed E-state index contributed by atoms with van der Waals surface area (Å²) in [6, 6.07) is 7.17. The zero-order chi connectivity index (χ0) is 13.9. The molecule has 0 amide bonds. The quantitative estimate of drug-likeness (QED) is 0.937. The highest BCUT2D eigenvalue weighted by molar-refractivity contribution is 6.33. The van der Waals surface area contributed by atoms with E-state index in [-0.39, 0.29) is 6.04 Å². The minimum Gasteiger partial charge on any atom is -0.334 e. The van der Waals surface area contributed by atoms with E-state index in [1.54, 1.807) is 6.07 Å². The molecule has 5 nitrogen and oxygen atoms in total. The van der Waals surface area contributed by atoms with Crippen LogP contribution in [-0.2, 0) is 0 Å². The fraction of sp³-hybridized carbons (Fsp3) is 0.429. The molecule has 106 valence electrons. The Balaban J connectivity index is 1.74. The minimum atomic E-state index is -0.229. The number of hydrogen-bond acceptors (Lipinski definition) is 5. The van der Waals surface area contributed by atoms with Crippen molar-refractivity contribution in [1.82, 2.24) is 15.0 Å². The standard InChI is InChI=1S/C14H17ClN4O/c15-11-6-2-1-5-10(11)14-17-13(18-20-14)12(16)9-19-7-3-4-8-19/h1-2,5-6,12H,3-4,7-9,16H2. The predicted molar refractivity (Wildman–Crippen MR) is 77.3 cm³/mol. The molecule has 0 bridgehead atoms. The van der Waals surface area contributed by atoms with Crippen molar-refractivity contribution in [2.24, 2.45) is 5.73 Å². The zero-order valence-electron chi connectivity index (χ0n) is 11.1. The maximum atomic E-state index is 6.14. The van der Waals surface area contributed by atoms with Crippen molar-refractivity contribution < 1.29 is 4.52 Å². The highest BCUT2D eigenvalue weighted by atomic mass is 35.5. The molecule has 20 heavy (non-hydrogen) atoms. The Morgan fingerprint density at radius 2 is 2.05 bits per heavy atom. The molecule has 6 heteroatoms. The molecule has 1 saturated heterocycles. The topological polar surface area (TPSA) is 68.2 Å². The molecule has 1 aromatic heterocycles. The van der Waals surface area contributed by atoms with E-state index in [2.05, 4.69) is 15.0 Å². The van der Waals surface area contributed by atoms with Crippen LogP contribution in [0.3, 0.4) is 0 Å². The van der Waals surface area contributed by atoms with Crippen molar-refractivity contribution in [2.75, 3.05) is 19.6 Å². The Morgan fingerprint density at radius 1 is 1.30 bits per heavy atom. The van der Waals surface area contributed by atoms with Gasteiger partial charge in [0.05, 0.1) is 16.6 Å². The highest BCUT2D eigenvalue weighted by Gasteiger charge is 2.21. The molecule has 0 spiro atoms. The number of rotatable bonds is 4. The second-order valence-electron chi connectivity index (χ2n) is 5.05. The summed E-state index contributed by atoms with van der Waals surface area (Å²) in [7, 11) is 0. The summed E-state index contributed by atoms with van der Waals surface area (Å²) >= 11 is 6.12. The SMILES string of the molecule is NC(CN1CCCC1)c1noc(-c2ccccc2Cl)n1.